The zero-order chi connectivity index (χ0) is 12.5. The van der Waals surface area contributed by atoms with Gasteiger partial charge in [-0.2, -0.15) is 5.10 Å². The standard InChI is InChI=1S/C13H22ClN3/c1-10-11(12(14)17(2)16-10)9-13(15)7-5-3-4-6-8-13/h3-9,15H2,1-2H3. The highest BCUT2D eigenvalue weighted by atomic mass is 35.5. The average molecular weight is 256 g/mol. The third kappa shape index (κ3) is 2.83. The van der Waals surface area contributed by atoms with Crippen molar-refractivity contribution >= 4 is 11.6 Å². The van der Waals surface area contributed by atoms with Gasteiger partial charge in [-0.3, -0.25) is 4.68 Å². The van der Waals surface area contributed by atoms with Crippen molar-refractivity contribution in [1.29, 1.82) is 0 Å². The molecular weight excluding hydrogens is 234 g/mol. The molecule has 0 aromatic carbocycles. The quantitative estimate of drug-likeness (QED) is 0.826. The van der Waals surface area contributed by atoms with E-state index in [2.05, 4.69) is 5.10 Å². The first-order chi connectivity index (χ1) is 8.02. The van der Waals surface area contributed by atoms with Crippen LogP contribution in [0.2, 0.25) is 5.15 Å². The van der Waals surface area contributed by atoms with E-state index in [-0.39, 0.29) is 5.54 Å². The van der Waals surface area contributed by atoms with Gasteiger partial charge < -0.3 is 5.73 Å². The van der Waals surface area contributed by atoms with Crippen LogP contribution in [0.5, 0.6) is 0 Å². The molecule has 1 aromatic rings. The van der Waals surface area contributed by atoms with E-state index >= 15 is 0 Å². The summed E-state index contributed by atoms with van der Waals surface area (Å²) in [5, 5.41) is 5.11. The molecule has 1 heterocycles. The molecule has 1 aliphatic rings. The molecular formula is C13H22ClN3. The molecule has 0 amide bonds. The van der Waals surface area contributed by atoms with E-state index in [1.165, 1.54) is 25.7 Å². The average Bonchev–Trinajstić information content (AvgIpc) is 2.48. The Hall–Kier alpha value is -0.540. The van der Waals surface area contributed by atoms with Gasteiger partial charge in [0.05, 0.1) is 5.69 Å². The molecule has 0 bridgehead atoms. The van der Waals surface area contributed by atoms with Crippen LogP contribution in [0.3, 0.4) is 0 Å². The normalized spacial score (nSPS) is 20.2. The molecule has 3 nitrogen and oxygen atoms in total. The maximum absolute atomic E-state index is 6.54. The minimum Gasteiger partial charge on any atom is -0.325 e. The summed E-state index contributed by atoms with van der Waals surface area (Å²) in [4.78, 5) is 0. The van der Waals surface area contributed by atoms with Crippen LogP contribution in [-0.2, 0) is 13.5 Å². The number of hydrogen-bond donors (Lipinski definition) is 1. The zero-order valence-electron chi connectivity index (χ0n) is 10.8. The van der Waals surface area contributed by atoms with Gasteiger partial charge in [0.1, 0.15) is 5.15 Å². The van der Waals surface area contributed by atoms with Gasteiger partial charge in [-0.05, 0) is 26.2 Å². The Balaban J connectivity index is 2.18. The summed E-state index contributed by atoms with van der Waals surface area (Å²) in [6.45, 7) is 2.02. The maximum Gasteiger partial charge on any atom is 0.130 e. The van der Waals surface area contributed by atoms with Crippen molar-refractivity contribution < 1.29 is 0 Å². The predicted octanol–water partition coefficient (Wildman–Crippen LogP) is 2.98. The molecule has 17 heavy (non-hydrogen) atoms. The van der Waals surface area contributed by atoms with Crippen LogP contribution in [0, 0.1) is 6.92 Å². The lowest BCUT2D eigenvalue weighted by Gasteiger charge is -2.28. The van der Waals surface area contributed by atoms with Gasteiger partial charge >= 0.3 is 0 Å². The van der Waals surface area contributed by atoms with E-state index in [1.54, 1.807) is 4.68 Å². The highest BCUT2D eigenvalue weighted by Gasteiger charge is 2.29. The Kier molecular flexibility index (Phi) is 3.79. The van der Waals surface area contributed by atoms with Gasteiger partial charge in [0.25, 0.3) is 0 Å². The molecule has 1 saturated carbocycles. The second kappa shape index (κ2) is 4.99. The molecule has 0 aliphatic heterocycles. The minimum absolute atomic E-state index is 0.0755. The Morgan fingerprint density at radius 3 is 2.35 bits per heavy atom. The van der Waals surface area contributed by atoms with Crippen LogP contribution in [0.1, 0.15) is 49.8 Å². The molecule has 1 aliphatic carbocycles. The molecule has 0 unspecified atom stereocenters. The Morgan fingerprint density at radius 2 is 1.88 bits per heavy atom. The minimum atomic E-state index is -0.0755. The van der Waals surface area contributed by atoms with Crippen LogP contribution in [-0.4, -0.2) is 15.3 Å². The van der Waals surface area contributed by atoms with Crippen molar-refractivity contribution in [1.82, 2.24) is 9.78 Å². The molecule has 0 saturated heterocycles. The van der Waals surface area contributed by atoms with Crippen molar-refractivity contribution in [2.75, 3.05) is 0 Å². The first-order valence-corrected chi connectivity index (χ1v) is 6.86. The number of hydrogen-bond acceptors (Lipinski definition) is 2. The van der Waals surface area contributed by atoms with Crippen LogP contribution in [0.15, 0.2) is 0 Å². The van der Waals surface area contributed by atoms with Gasteiger partial charge in [0.2, 0.25) is 0 Å². The molecule has 0 radical (unpaired) electrons. The topological polar surface area (TPSA) is 43.8 Å². The fourth-order valence-corrected chi connectivity index (χ4v) is 3.08. The maximum atomic E-state index is 6.54. The third-order valence-corrected chi connectivity index (χ3v) is 4.37. The third-order valence-electron chi connectivity index (χ3n) is 3.90. The summed E-state index contributed by atoms with van der Waals surface area (Å²) in [7, 11) is 1.88. The summed E-state index contributed by atoms with van der Waals surface area (Å²) in [6.07, 6.45) is 8.21. The molecule has 2 rings (SSSR count). The summed E-state index contributed by atoms with van der Waals surface area (Å²) in [6, 6.07) is 0. The summed E-state index contributed by atoms with van der Waals surface area (Å²) < 4.78 is 1.74. The van der Waals surface area contributed by atoms with E-state index in [4.69, 9.17) is 17.3 Å². The van der Waals surface area contributed by atoms with Crippen LogP contribution in [0.4, 0.5) is 0 Å². The Labute approximate surface area is 108 Å². The fourth-order valence-electron chi connectivity index (χ4n) is 2.84. The Bertz CT molecular complexity index is 390. The van der Waals surface area contributed by atoms with E-state index in [9.17, 15) is 0 Å². The Morgan fingerprint density at radius 1 is 1.29 bits per heavy atom. The summed E-state index contributed by atoms with van der Waals surface area (Å²) in [5.41, 5.74) is 8.62. The number of aryl methyl sites for hydroxylation is 2. The lowest BCUT2D eigenvalue weighted by atomic mass is 9.85. The lowest BCUT2D eigenvalue weighted by molar-refractivity contribution is 0.368. The second-order valence-corrected chi connectivity index (χ2v) is 5.79. The summed E-state index contributed by atoms with van der Waals surface area (Å²) >= 11 is 6.28. The smallest absolute Gasteiger partial charge is 0.130 e. The van der Waals surface area contributed by atoms with E-state index in [0.29, 0.717) is 0 Å². The molecule has 0 atom stereocenters. The molecule has 0 spiro atoms. The van der Waals surface area contributed by atoms with Crippen molar-refractivity contribution in [3.05, 3.63) is 16.4 Å². The zero-order valence-corrected chi connectivity index (χ0v) is 11.6. The lowest BCUT2D eigenvalue weighted by Crippen LogP contribution is -2.41. The molecule has 1 fully saturated rings. The van der Waals surface area contributed by atoms with E-state index in [0.717, 1.165) is 35.7 Å². The number of halogens is 1. The van der Waals surface area contributed by atoms with Crippen LogP contribution in [0.25, 0.3) is 0 Å². The molecule has 1 aromatic heterocycles. The number of nitrogens with zero attached hydrogens (tertiary/aromatic N) is 2. The van der Waals surface area contributed by atoms with Crippen molar-refractivity contribution in [3.63, 3.8) is 0 Å². The monoisotopic (exact) mass is 255 g/mol. The van der Waals surface area contributed by atoms with Gasteiger partial charge in [-0.1, -0.05) is 37.3 Å². The second-order valence-electron chi connectivity index (χ2n) is 5.43. The highest BCUT2D eigenvalue weighted by molar-refractivity contribution is 6.30. The van der Waals surface area contributed by atoms with Crippen LogP contribution < -0.4 is 5.73 Å². The number of nitrogens with two attached hydrogens (primary N) is 1. The first kappa shape index (κ1) is 12.9. The van der Waals surface area contributed by atoms with Gasteiger partial charge in [-0.15, -0.1) is 0 Å². The van der Waals surface area contributed by atoms with Gasteiger partial charge in [-0.25, -0.2) is 0 Å². The van der Waals surface area contributed by atoms with Crippen molar-refractivity contribution in [2.45, 2.75) is 57.4 Å². The van der Waals surface area contributed by atoms with Crippen molar-refractivity contribution in [3.8, 4) is 0 Å². The molecule has 4 heteroatoms. The number of rotatable bonds is 2. The van der Waals surface area contributed by atoms with Gasteiger partial charge in [0, 0.05) is 18.2 Å². The molecule has 2 N–H and O–H groups in total. The predicted molar refractivity (Wildman–Crippen MR) is 71.3 cm³/mol. The van der Waals surface area contributed by atoms with E-state index < -0.39 is 0 Å². The SMILES string of the molecule is Cc1nn(C)c(Cl)c1CC1(N)CCCCCC1. The fraction of sp³-hybridized carbons (Fsp3) is 0.769. The highest BCUT2D eigenvalue weighted by Crippen LogP contribution is 2.31. The molecule has 96 valence electrons. The van der Waals surface area contributed by atoms with Crippen LogP contribution >= 0.6 is 11.6 Å². The first-order valence-electron chi connectivity index (χ1n) is 6.49. The largest absolute Gasteiger partial charge is 0.325 e. The summed E-state index contributed by atoms with van der Waals surface area (Å²) in [5.74, 6) is 0. The van der Waals surface area contributed by atoms with Crippen molar-refractivity contribution in [2.24, 2.45) is 12.8 Å². The van der Waals surface area contributed by atoms with Gasteiger partial charge in [0.15, 0.2) is 0 Å². The van der Waals surface area contributed by atoms with E-state index in [1.807, 2.05) is 14.0 Å². The number of aromatic nitrogens is 2.